The van der Waals surface area contributed by atoms with E-state index in [0.29, 0.717) is 49.1 Å². The zero-order valence-electron chi connectivity index (χ0n) is 16.4. The Morgan fingerprint density at radius 2 is 2.17 bits per heavy atom. The van der Waals surface area contributed by atoms with Gasteiger partial charge in [0.15, 0.2) is 6.73 Å². The number of aliphatic hydroxyl groups is 1. The van der Waals surface area contributed by atoms with E-state index >= 15 is 0 Å². The third-order valence-corrected chi connectivity index (χ3v) is 5.87. The van der Waals surface area contributed by atoms with Gasteiger partial charge in [0, 0.05) is 25.3 Å². The summed E-state index contributed by atoms with van der Waals surface area (Å²) in [5.74, 6) is 0.469. The summed E-state index contributed by atoms with van der Waals surface area (Å²) >= 11 is 5.89. The van der Waals surface area contributed by atoms with E-state index in [4.69, 9.17) is 21.1 Å². The van der Waals surface area contributed by atoms with Crippen LogP contribution in [0.4, 0.5) is 0 Å². The van der Waals surface area contributed by atoms with Crippen LogP contribution < -0.4 is 4.74 Å². The number of carbonyl (C=O) groups is 1. The number of nitrogens with zero attached hydrogens (tertiary/aromatic N) is 2. The van der Waals surface area contributed by atoms with E-state index in [9.17, 15) is 9.90 Å². The van der Waals surface area contributed by atoms with Crippen molar-refractivity contribution in [2.24, 2.45) is 5.92 Å². The van der Waals surface area contributed by atoms with Gasteiger partial charge in [-0.3, -0.25) is 4.79 Å². The van der Waals surface area contributed by atoms with Crippen molar-refractivity contribution >= 4 is 17.5 Å². The van der Waals surface area contributed by atoms with Crippen LogP contribution in [0.15, 0.2) is 30.5 Å². The van der Waals surface area contributed by atoms with Crippen LogP contribution in [-0.4, -0.2) is 53.5 Å². The fourth-order valence-electron chi connectivity index (χ4n) is 3.93. The van der Waals surface area contributed by atoms with Crippen molar-refractivity contribution in [2.75, 3.05) is 26.5 Å². The summed E-state index contributed by atoms with van der Waals surface area (Å²) < 4.78 is 11.4. The van der Waals surface area contributed by atoms with Crippen LogP contribution in [-0.2, 0) is 17.6 Å². The number of halogens is 1. The van der Waals surface area contributed by atoms with E-state index in [2.05, 4.69) is 11.9 Å². The Bertz CT molecular complexity index is 887. The molecule has 7 heteroatoms. The van der Waals surface area contributed by atoms with Crippen molar-refractivity contribution in [1.82, 2.24) is 9.88 Å². The molecule has 0 bridgehead atoms. The van der Waals surface area contributed by atoms with Crippen LogP contribution in [0.25, 0.3) is 0 Å². The van der Waals surface area contributed by atoms with Crippen LogP contribution >= 0.6 is 11.6 Å². The van der Waals surface area contributed by atoms with Crippen molar-refractivity contribution in [3.05, 3.63) is 57.9 Å². The fourth-order valence-corrected chi connectivity index (χ4v) is 4.04. The number of aromatic nitrogens is 1. The smallest absolute Gasteiger partial charge is 0.260 e. The summed E-state index contributed by atoms with van der Waals surface area (Å²) in [7, 11) is 0. The maximum absolute atomic E-state index is 13.1. The quantitative estimate of drug-likeness (QED) is 0.758. The SMILES string of the molecule is CCc1cc2c(cc1Cc1ccc(Cl)nc1)C(=O)N(CC1COCC[C@@H]1O)CO2. The van der Waals surface area contributed by atoms with Gasteiger partial charge in [0.2, 0.25) is 0 Å². The summed E-state index contributed by atoms with van der Waals surface area (Å²) in [4.78, 5) is 18.9. The lowest BCUT2D eigenvalue weighted by Crippen LogP contribution is -2.46. The number of hydrogen-bond donors (Lipinski definition) is 1. The van der Waals surface area contributed by atoms with Crippen LogP contribution in [0.1, 0.15) is 40.4 Å². The summed E-state index contributed by atoms with van der Waals surface area (Å²) in [6.45, 7) is 3.73. The summed E-state index contributed by atoms with van der Waals surface area (Å²) in [5.41, 5.74) is 3.83. The molecule has 2 atom stereocenters. The summed E-state index contributed by atoms with van der Waals surface area (Å²) in [6.07, 6.45) is 3.42. The van der Waals surface area contributed by atoms with Gasteiger partial charge < -0.3 is 19.5 Å². The Hall–Kier alpha value is -2.15. The number of fused-ring (bicyclic) bond motifs is 1. The highest BCUT2D eigenvalue weighted by Gasteiger charge is 2.32. The topological polar surface area (TPSA) is 71.9 Å². The second kappa shape index (κ2) is 8.69. The summed E-state index contributed by atoms with van der Waals surface area (Å²) in [5, 5.41) is 10.7. The maximum atomic E-state index is 13.1. The molecule has 1 N–H and O–H groups in total. The highest BCUT2D eigenvalue weighted by atomic mass is 35.5. The standard InChI is InChI=1S/C22H25ClN2O4/c1-2-15-9-20-18(8-16(15)7-14-3-4-21(23)24-10-14)22(27)25(13-29-20)11-17-12-28-6-5-19(17)26/h3-4,8-10,17,19,26H,2,5-7,11-13H2,1H3/t17?,19-/m0/s1. The van der Waals surface area contributed by atoms with Gasteiger partial charge in [0.1, 0.15) is 10.9 Å². The highest BCUT2D eigenvalue weighted by molar-refractivity contribution is 6.29. The monoisotopic (exact) mass is 416 g/mol. The lowest BCUT2D eigenvalue weighted by molar-refractivity contribution is -0.0499. The molecule has 0 spiro atoms. The first-order valence-electron chi connectivity index (χ1n) is 9.99. The van der Waals surface area contributed by atoms with E-state index in [1.807, 2.05) is 18.2 Å². The van der Waals surface area contributed by atoms with E-state index in [1.54, 1.807) is 17.2 Å². The molecule has 1 amide bonds. The first kappa shape index (κ1) is 20.1. The minimum absolute atomic E-state index is 0.0674. The third-order valence-electron chi connectivity index (χ3n) is 5.65. The predicted molar refractivity (Wildman–Crippen MR) is 109 cm³/mol. The minimum Gasteiger partial charge on any atom is -0.472 e. The van der Waals surface area contributed by atoms with Crippen LogP contribution in [0, 0.1) is 5.92 Å². The molecule has 2 aliphatic rings. The molecule has 2 aliphatic heterocycles. The van der Waals surface area contributed by atoms with Crippen LogP contribution in [0.2, 0.25) is 5.15 Å². The van der Waals surface area contributed by atoms with E-state index < -0.39 is 6.10 Å². The average molecular weight is 417 g/mol. The number of benzene rings is 1. The van der Waals surface area contributed by atoms with Gasteiger partial charge in [-0.15, -0.1) is 0 Å². The van der Waals surface area contributed by atoms with E-state index in [1.165, 1.54) is 0 Å². The zero-order valence-corrected chi connectivity index (χ0v) is 17.2. The summed E-state index contributed by atoms with van der Waals surface area (Å²) in [6, 6.07) is 7.63. The molecule has 29 heavy (non-hydrogen) atoms. The van der Waals surface area contributed by atoms with Crippen molar-refractivity contribution in [3.63, 3.8) is 0 Å². The molecule has 0 radical (unpaired) electrons. The normalized spacial score (nSPS) is 21.6. The lowest BCUT2D eigenvalue weighted by Gasteiger charge is -2.35. The number of aliphatic hydroxyl groups excluding tert-OH is 1. The van der Waals surface area contributed by atoms with Gasteiger partial charge in [0.05, 0.1) is 18.3 Å². The van der Waals surface area contributed by atoms with Crippen molar-refractivity contribution in [1.29, 1.82) is 0 Å². The van der Waals surface area contributed by atoms with Gasteiger partial charge in [-0.05, 0) is 54.2 Å². The molecule has 1 saturated heterocycles. The van der Waals surface area contributed by atoms with Gasteiger partial charge in [-0.2, -0.15) is 0 Å². The Balaban J connectivity index is 1.57. The number of ether oxygens (including phenoxy) is 2. The molecule has 4 rings (SSSR count). The molecule has 1 aromatic heterocycles. The first-order chi connectivity index (χ1) is 14.0. The molecular formula is C22H25ClN2O4. The molecule has 0 aliphatic carbocycles. The Labute approximate surface area is 175 Å². The number of amides is 1. The number of aryl methyl sites for hydroxylation is 1. The highest BCUT2D eigenvalue weighted by Crippen LogP contribution is 2.31. The second-order valence-corrected chi connectivity index (χ2v) is 8.02. The molecule has 3 heterocycles. The maximum Gasteiger partial charge on any atom is 0.260 e. The lowest BCUT2D eigenvalue weighted by atomic mass is 9.94. The van der Waals surface area contributed by atoms with E-state index in [0.717, 1.165) is 23.1 Å². The van der Waals surface area contributed by atoms with E-state index in [-0.39, 0.29) is 18.6 Å². The zero-order chi connectivity index (χ0) is 20.4. The second-order valence-electron chi connectivity index (χ2n) is 7.63. The molecule has 1 fully saturated rings. The van der Waals surface area contributed by atoms with Crippen LogP contribution in [0.3, 0.4) is 0 Å². The number of carbonyl (C=O) groups excluding carboxylic acids is 1. The predicted octanol–water partition coefficient (Wildman–Crippen LogP) is 3.08. The molecule has 0 saturated carbocycles. The largest absolute Gasteiger partial charge is 0.472 e. The first-order valence-corrected chi connectivity index (χ1v) is 10.4. The fraction of sp³-hybridized carbons (Fsp3) is 0.455. The minimum atomic E-state index is -0.451. The Kier molecular flexibility index (Phi) is 6.04. The van der Waals surface area contributed by atoms with Crippen molar-refractivity contribution in [3.8, 4) is 5.75 Å². The molecule has 1 aromatic carbocycles. The average Bonchev–Trinajstić information content (AvgIpc) is 2.73. The number of rotatable bonds is 5. The number of hydrogen-bond acceptors (Lipinski definition) is 5. The number of pyridine rings is 1. The van der Waals surface area contributed by atoms with Gasteiger partial charge in [-0.25, -0.2) is 4.98 Å². The van der Waals surface area contributed by atoms with Gasteiger partial charge in [0.25, 0.3) is 5.91 Å². The van der Waals surface area contributed by atoms with Crippen LogP contribution in [0.5, 0.6) is 5.75 Å². The molecular weight excluding hydrogens is 392 g/mol. The van der Waals surface area contributed by atoms with Crippen molar-refractivity contribution in [2.45, 2.75) is 32.3 Å². The molecule has 1 unspecified atom stereocenters. The van der Waals surface area contributed by atoms with Gasteiger partial charge in [-0.1, -0.05) is 24.6 Å². The van der Waals surface area contributed by atoms with Crippen molar-refractivity contribution < 1.29 is 19.4 Å². The Morgan fingerprint density at radius 1 is 1.31 bits per heavy atom. The molecule has 6 nitrogen and oxygen atoms in total. The third kappa shape index (κ3) is 4.39. The molecule has 2 aromatic rings. The molecule has 154 valence electrons. The Morgan fingerprint density at radius 3 is 2.90 bits per heavy atom. The van der Waals surface area contributed by atoms with Gasteiger partial charge >= 0.3 is 0 Å².